The average Bonchev–Trinajstić information content (AvgIpc) is 2.10. The van der Waals surface area contributed by atoms with Gasteiger partial charge in [0.05, 0.1) is 5.69 Å². The fraction of sp³-hybridized carbons (Fsp3) is 0.200. The Morgan fingerprint density at radius 3 is 2.87 bits per heavy atom. The van der Waals surface area contributed by atoms with E-state index >= 15 is 0 Å². The Kier molecular flexibility index (Phi) is 4.29. The van der Waals surface area contributed by atoms with Gasteiger partial charge in [0.25, 0.3) is 0 Å². The number of aromatic nitrogens is 1. The highest BCUT2D eigenvalue weighted by atomic mass is 79.9. The number of hydrogen-bond acceptors (Lipinski definition) is 2. The fourth-order valence-electron chi connectivity index (χ4n) is 0.941. The number of nitrogens with zero attached hydrogens (tertiary/aromatic N) is 1. The molecule has 80 valence electrons. The maximum absolute atomic E-state index is 11.4. The molecule has 0 fully saturated rings. The molecule has 1 N–H and O–H groups in total. The minimum absolute atomic E-state index is 0.211. The van der Waals surface area contributed by atoms with Crippen LogP contribution in [0, 0.1) is 0 Å². The van der Waals surface area contributed by atoms with Crippen LogP contribution in [-0.4, -0.2) is 10.9 Å². The topological polar surface area (TPSA) is 42.0 Å². The van der Waals surface area contributed by atoms with Crippen LogP contribution in [0.15, 0.2) is 28.4 Å². The first kappa shape index (κ1) is 12.2. The molecule has 3 nitrogen and oxygen atoms in total. The molecule has 0 atom stereocenters. The zero-order valence-corrected chi connectivity index (χ0v) is 10.7. The van der Waals surface area contributed by atoms with Crippen molar-refractivity contribution >= 4 is 39.1 Å². The minimum Gasteiger partial charge on any atom is -0.320 e. The van der Waals surface area contributed by atoms with E-state index in [0.717, 1.165) is 10.0 Å². The lowest BCUT2D eigenvalue weighted by atomic mass is 10.3. The Morgan fingerprint density at radius 2 is 2.27 bits per heavy atom. The molecule has 0 spiro atoms. The van der Waals surface area contributed by atoms with Crippen molar-refractivity contribution in [1.29, 1.82) is 0 Å². The van der Waals surface area contributed by atoms with Crippen molar-refractivity contribution in [3.8, 4) is 0 Å². The average molecular weight is 290 g/mol. The third-order valence-electron chi connectivity index (χ3n) is 1.48. The van der Waals surface area contributed by atoms with Gasteiger partial charge in [-0.05, 0) is 35.8 Å². The first-order chi connectivity index (χ1) is 6.99. The third kappa shape index (κ3) is 4.01. The number of anilines is 1. The number of nitrogens with one attached hydrogen (secondary N) is 1. The summed E-state index contributed by atoms with van der Waals surface area (Å²) in [6.45, 7) is 3.70. The maximum atomic E-state index is 11.4. The van der Waals surface area contributed by atoms with Crippen LogP contribution in [0.1, 0.15) is 13.8 Å². The van der Waals surface area contributed by atoms with Crippen LogP contribution in [-0.2, 0) is 4.79 Å². The van der Waals surface area contributed by atoms with E-state index < -0.39 is 0 Å². The van der Waals surface area contributed by atoms with Gasteiger partial charge in [0.15, 0.2) is 5.15 Å². The number of allylic oxidation sites excluding steroid dienone is 1. The van der Waals surface area contributed by atoms with Gasteiger partial charge in [-0.1, -0.05) is 17.2 Å². The van der Waals surface area contributed by atoms with Gasteiger partial charge in [-0.2, -0.15) is 0 Å². The van der Waals surface area contributed by atoms with Gasteiger partial charge in [0.2, 0.25) is 5.91 Å². The molecule has 1 aromatic rings. The van der Waals surface area contributed by atoms with E-state index in [1.54, 1.807) is 12.3 Å². The second-order valence-electron chi connectivity index (χ2n) is 3.20. The van der Waals surface area contributed by atoms with E-state index in [1.165, 1.54) is 6.08 Å². The molecule has 0 aromatic carbocycles. The predicted octanol–water partition coefficient (Wildman–Crippen LogP) is 3.40. The summed E-state index contributed by atoms with van der Waals surface area (Å²) in [5.74, 6) is -0.211. The van der Waals surface area contributed by atoms with Crippen molar-refractivity contribution in [2.24, 2.45) is 0 Å². The summed E-state index contributed by atoms with van der Waals surface area (Å²) in [7, 11) is 0. The van der Waals surface area contributed by atoms with Crippen molar-refractivity contribution in [1.82, 2.24) is 4.98 Å². The first-order valence-electron chi connectivity index (χ1n) is 4.26. The molecule has 0 saturated heterocycles. The number of halogens is 2. The number of rotatable bonds is 2. The second kappa shape index (κ2) is 5.28. The van der Waals surface area contributed by atoms with E-state index in [1.807, 2.05) is 13.8 Å². The first-order valence-corrected chi connectivity index (χ1v) is 5.43. The number of carbonyl (C=O) groups is 1. The van der Waals surface area contributed by atoms with Crippen LogP contribution in [0.2, 0.25) is 5.15 Å². The molecular weight excluding hydrogens is 279 g/mol. The van der Waals surface area contributed by atoms with Crippen LogP contribution in [0.25, 0.3) is 0 Å². The molecule has 0 bridgehead atoms. The lowest BCUT2D eigenvalue weighted by molar-refractivity contribution is -0.111. The van der Waals surface area contributed by atoms with Crippen molar-refractivity contribution in [2.75, 3.05) is 5.32 Å². The van der Waals surface area contributed by atoms with E-state index in [-0.39, 0.29) is 11.1 Å². The highest BCUT2D eigenvalue weighted by Crippen LogP contribution is 2.22. The molecular formula is C10H10BrClN2O. The molecule has 1 aromatic heterocycles. The summed E-state index contributed by atoms with van der Waals surface area (Å²) in [6, 6.07) is 1.70. The molecule has 0 aliphatic rings. The highest BCUT2D eigenvalue weighted by molar-refractivity contribution is 9.10. The fourth-order valence-corrected chi connectivity index (χ4v) is 1.42. The Labute approximate surface area is 102 Å². The van der Waals surface area contributed by atoms with Crippen molar-refractivity contribution < 1.29 is 4.79 Å². The molecule has 0 aliphatic heterocycles. The lowest BCUT2D eigenvalue weighted by Crippen LogP contribution is -2.09. The molecule has 15 heavy (non-hydrogen) atoms. The van der Waals surface area contributed by atoms with Gasteiger partial charge in [-0.25, -0.2) is 4.98 Å². The molecule has 1 amide bonds. The lowest BCUT2D eigenvalue weighted by Gasteiger charge is -2.04. The number of hydrogen-bond donors (Lipinski definition) is 1. The second-order valence-corrected chi connectivity index (χ2v) is 4.48. The summed E-state index contributed by atoms with van der Waals surface area (Å²) < 4.78 is 0.763. The van der Waals surface area contributed by atoms with E-state index in [9.17, 15) is 4.79 Å². The largest absolute Gasteiger partial charge is 0.320 e. The highest BCUT2D eigenvalue weighted by Gasteiger charge is 2.05. The van der Waals surface area contributed by atoms with E-state index in [4.69, 9.17) is 11.6 Å². The third-order valence-corrected chi connectivity index (χ3v) is 2.22. The zero-order valence-electron chi connectivity index (χ0n) is 8.34. The smallest absolute Gasteiger partial charge is 0.248 e. The molecule has 0 unspecified atom stereocenters. The molecule has 1 rings (SSSR count). The predicted molar refractivity (Wildman–Crippen MR) is 65.0 cm³/mol. The number of pyridine rings is 1. The van der Waals surface area contributed by atoms with Crippen molar-refractivity contribution in [3.63, 3.8) is 0 Å². The van der Waals surface area contributed by atoms with Crippen LogP contribution in [0.4, 0.5) is 5.69 Å². The Hall–Kier alpha value is -0.870. The Bertz CT molecular complexity index is 414. The number of carbonyl (C=O) groups excluding carboxylic acids is 1. The summed E-state index contributed by atoms with van der Waals surface area (Å²) >= 11 is 9.06. The van der Waals surface area contributed by atoms with Gasteiger partial charge in [0, 0.05) is 16.7 Å². The van der Waals surface area contributed by atoms with Crippen LogP contribution in [0.3, 0.4) is 0 Å². The quantitative estimate of drug-likeness (QED) is 0.670. The van der Waals surface area contributed by atoms with Crippen molar-refractivity contribution in [2.45, 2.75) is 13.8 Å². The van der Waals surface area contributed by atoms with Gasteiger partial charge >= 0.3 is 0 Å². The van der Waals surface area contributed by atoms with Gasteiger partial charge in [0.1, 0.15) is 0 Å². The minimum atomic E-state index is -0.211. The Balaban J connectivity index is 2.85. The summed E-state index contributed by atoms with van der Waals surface area (Å²) in [5, 5.41) is 2.91. The maximum Gasteiger partial charge on any atom is 0.248 e. The van der Waals surface area contributed by atoms with Crippen molar-refractivity contribution in [3.05, 3.63) is 33.5 Å². The summed E-state index contributed by atoms with van der Waals surface area (Å²) in [6.07, 6.45) is 3.07. The summed E-state index contributed by atoms with van der Waals surface area (Å²) in [5.41, 5.74) is 1.42. The van der Waals surface area contributed by atoms with Crippen LogP contribution < -0.4 is 5.32 Å². The van der Waals surface area contributed by atoms with E-state index in [0.29, 0.717) is 5.69 Å². The van der Waals surface area contributed by atoms with Gasteiger partial charge in [-0.3, -0.25) is 4.79 Å². The van der Waals surface area contributed by atoms with Gasteiger partial charge in [-0.15, -0.1) is 0 Å². The molecule has 0 radical (unpaired) electrons. The Morgan fingerprint density at radius 1 is 1.60 bits per heavy atom. The SMILES string of the molecule is CC(C)=CC(=O)Nc1cc(Br)cnc1Cl. The number of amides is 1. The van der Waals surface area contributed by atoms with Gasteiger partial charge < -0.3 is 5.32 Å². The zero-order chi connectivity index (χ0) is 11.4. The molecule has 5 heteroatoms. The van der Waals surface area contributed by atoms with Crippen LogP contribution in [0.5, 0.6) is 0 Å². The molecule has 0 aliphatic carbocycles. The molecule has 0 saturated carbocycles. The molecule has 1 heterocycles. The van der Waals surface area contributed by atoms with E-state index in [2.05, 4.69) is 26.2 Å². The standard InChI is InChI=1S/C10H10BrClN2O/c1-6(2)3-9(15)14-8-4-7(11)5-13-10(8)12/h3-5H,1-2H3,(H,14,15). The monoisotopic (exact) mass is 288 g/mol. The summed E-state index contributed by atoms with van der Waals surface area (Å²) in [4.78, 5) is 15.3. The normalized spacial score (nSPS) is 9.60. The van der Waals surface area contributed by atoms with Crippen LogP contribution >= 0.6 is 27.5 Å².